The van der Waals surface area contributed by atoms with Crippen molar-refractivity contribution in [1.29, 1.82) is 0 Å². The van der Waals surface area contributed by atoms with Crippen LogP contribution in [0.1, 0.15) is 5.69 Å². The van der Waals surface area contributed by atoms with Crippen LogP contribution in [0, 0.1) is 6.92 Å². The zero-order valence-corrected chi connectivity index (χ0v) is 9.44. The first kappa shape index (κ1) is 9.84. The van der Waals surface area contributed by atoms with Crippen LogP contribution in [0.3, 0.4) is 0 Å². The fourth-order valence-electron chi connectivity index (χ4n) is 1.75. The first-order chi connectivity index (χ1) is 8.31. The maximum Gasteiger partial charge on any atom is 0.206 e. The minimum Gasteiger partial charge on any atom is -0.324 e. The molecule has 17 heavy (non-hydrogen) atoms. The number of aromatic nitrogens is 3. The van der Waals surface area contributed by atoms with Gasteiger partial charge in [-0.15, -0.1) is 0 Å². The van der Waals surface area contributed by atoms with E-state index in [0.717, 1.165) is 22.5 Å². The van der Waals surface area contributed by atoms with Crippen molar-refractivity contribution in [2.75, 3.05) is 5.32 Å². The van der Waals surface area contributed by atoms with E-state index in [2.05, 4.69) is 20.3 Å². The third kappa shape index (κ3) is 1.97. The fraction of sp³-hybridized carbons (Fsp3) is 0.0769. The predicted octanol–water partition coefficient (Wildman–Crippen LogP) is 3.01. The quantitative estimate of drug-likeness (QED) is 0.703. The van der Waals surface area contributed by atoms with Gasteiger partial charge in [-0.3, -0.25) is 0 Å². The fourth-order valence-corrected chi connectivity index (χ4v) is 1.75. The van der Waals surface area contributed by atoms with Crippen molar-refractivity contribution in [3.8, 4) is 0 Å². The molecule has 4 heteroatoms. The summed E-state index contributed by atoms with van der Waals surface area (Å²) >= 11 is 0. The van der Waals surface area contributed by atoms with E-state index in [9.17, 15) is 0 Å². The van der Waals surface area contributed by atoms with E-state index in [1.54, 1.807) is 0 Å². The van der Waals surface area contributed by atoms with Crippen molar-refractivity contribution in [2.45, 2.75) is 6.92 Å². The number of aryl methyl sites for hydroxylation is 1. The average molecular weight is 224 g/mol. The van der Waals surface area contributed by atoms with Gasteiger partial charge in [0.15, 0.2) is 0 Å². The molecule has 2 heterocycles. The molecule has 0 saturated carbocycles. The molecule has 0 aliphatic rings. The Balaban J connectivity index is 1.94. The summed E-state index contributed by atoms with van der Waals surface area (Å²) in [6.45, 7) is 1.96. The molecule has 1 aromatic carbocycles. The SMILES string of the molecule is Cc1cccc(Nc2nc3ccccc3[nH]2)n1. The van der Waals surface area contributed by atoms with Crippen LogP contribution in [0.2, 0.25) is 0 Å². The van der Waals surface area contributed by atoms with E-state index in [1.807, 2.05) is 49.4 Å². The number of nitrogens with zero attached hydrogens (tertiary/aromatic N) is 2. The Morgan fingerprint density at radius 3 is 2.71 bits per heavy atom. The highest BCUT2D eigenvalue weighted by Crippen LogP contribution is 2.16. The maximum atomic E-state index is 4.43. The number of rotatable bonds is 2. The third-order valence-electron chi connectivity index (χ3n) is 2.52. The van der Waals surface area contributed by atoms with Crippen molar-refractivity contribution < 1.29 is 0 Å². The van der Waals surface area contributed by atoms with Crippen LogP contribution < -0.4 is 5.32 Å². The number of benzene rings is 1. The molecule has 0 bridgehead atoms. The van der Waals surface area contributed by atoms with Gasteiger partial charge in [-0.05, 0) is 31.2 Å². The average Bonchev–Trinajstić information content (AvgIpc) is 2.71. The molecular formula is C13H12N4. The second-order valence-electron chi connectivity index (χ2n) is 3.89. The van der Waals surface area contributed by atoms with E-state index in [-0.39, 0.29) is 0 Å². The summed E-state index contributed by atoms with van der Waals surface area (Å²) in [6.07, 6.45) is 0. The number of anilines is 2. The molecule has 0 amide bonds. The molecule has 0 atom stereocenters. The highest BCUT2D eigenvalue weighted by Gasteiger charge is 2.02. The van der Waals surface area contributed by atoms with Crippen LogP contribution in [-0.2, 0) is 0 Å². The van der Waals surface area contributed by atoms with Crippen LogP contribution in [0.4, 0.5) is 11.8 Å². The number of pyridine rings is 1. The van der Waals surface area contributed by atoms with Crippen molar-refractivity contribution in [1.82, 2.24) is 15.0 Å². The molecule has 4 nitrogen and oxygen atoms in total. The number of H-pyrrole nitrogens is 1. The topological polar surface area (TPSA) is 53.6 Å². The van der Waals surface area contributed by atoms with Gasteiger partial charge in [0.2, 0.25) is 5.95 Å². The monoisotopic (exact) mass is 224 g/mol. The Kier molecular flexibility index (Phi) is 2.26. The molecule has 0 radical (unpaired) electrons. The molecule has 3 aromatic rings. The smallest absolute Gasteiger partial charge is 0.206 e. The number of fused-ring (bicyclic) bond motifs is 1. The zero-order valence-electron chi connectivity index (χ0n) is 9.44. The largest absolute Gasteiger partial charge is 0.324 e. The second-order valence-corrected chi connectivity index (χ2v) is 3.89. The van der Waals surface area contributed by atoms with Gasteiger partial charge in [0, 0.05) is 5.69 Å². The lowest BCUT2D eigenvalue weighted by Crippen LogP contribution is -1.95. The molecule has 0 spiro atoms. The molecule has 0 unspecified atom stereocenters. The Labute approximate surface area is 98.7 Å². The number of hydrogen-bond acceptors (Lipinski definition) is 3. The molecular weight excluding hydrogens is 212 g/mol. The molecule has 84 valence electrons. The van der Waals surface area contributed by atoms with Gasteiger partial charge in [-0.25, -0.2) is 9.97 Å². The van der Waals surface area contributed by atoms with Gasteiger partial charge in [-0.1, -0.05) is 18.2 Å². The number of para-hydroxylation sites is 2. The molecule has 0 aliphatic carbocycles. The van der Waals surface area contributed by atoms with E-state index in [4.69, 9.17) is 0 Å². The Bertz CT molecular complexity index is 624. The summed E-state index contributed by atoms with van der Waals surface area (Å²) in [5, 5.41) is 3.16. The first-order valence-corrected chi connectivity index (χ1v) is 5.47. The van der Waals surface area contributed by atoms with E-state index >= 15 is 0 Å². The zero-order chi connectivity index (χ0) is 11.7. The Hall–Kier alpha value is -2.36. The van der Waals surface area contributed by atoms with Crippen molar-refractivity contribution in [3.05, 3.63) is 48.2 Å². The van der Waals surface area contributed by atoms with Crippen LogP contribution >= 0.6 is 0 Å². The number of imidazole rings is 1. The summed E-state index contributed by atoms with van der Waals surface area (Å²) in [4.78, 5) is 12.0. The minimum atomic E-state index is 0.712. The van der Waals surface area contributed by atoms with Gasteiger partial charge in [0.05, 0.1) is 11.0 Å². The van der Waals surface area contributed by atoms with Crippen molar-refractivity contribution in [3.63, 3.8) is 0 Å². The van der Waals surface area contributed by atoms with Crippen LogP contribution in [0.25, 0.3) is 11.0 Å². The third-order valence-corrected chi connectivity index (χ3v) is 2.52. The highest BCUT2D eigenvalue weighted by molar-refractivity contribution is 5.77. The van der Waals surface area contributed by atoms with E-state index in [1.165, 1.54) is 0 Å². The first-order valence-electron chi connectivity index (χ1n) is 5.47. The van der Waals surface area contributed by atoms with E-state index < -0.39 is 0 Å². The lowest BCUT2D eigenvalue weighted by molar-refractivity contribution is 1.18. The van der Waals surface area contributed by atoms with Crippen molar-refractivity contribution >= 4 is 22.8 Å². The summed E-state index contributed by atoms with van der Waals surface area (Å²) in [6, 6.07) is 13.8. The van der Waals surface area contributed by atoms with Gasteiger partial charge in [0.25, 0.3) is 0 Å². The van der Waals surface area contributed by atoms with Gasteiger partial charge in [0.1, 0.15) is 5.82 Å². The van der Waals surface area contributed by atoms with Crippen molar-refractivity contribution in [2.24, 2.45) is 0 Å². The van der Waals surface area contributed by atoms with Crippen LogP contribution in [0.15, 0.2) is 42.5 Å². The van der Waals surface area contributed by atoms with E-state index in [0.29, 0.717) is 5.95 Å². The second kappa shape index (κ2) is 3.90. The number of hydrogen-bond donors (Lipinski definition) is 2. The van der Waals surface area contributed by atoms with Gasteiger partial charge in [-0.2, -0.15) is 0 Å². The lowest BCUT2D eigenvalue weighted by atomic mass is 10.3. The maximum absolute atomic E-state index is 4.43. The van der Waals surface area contributed by atoms with Gasteiger partial charge < -0.3 is 10.3 Å². The Morgan fingerprint density at radius 1 is 1.00 bits per heavy atom. The number of aromatic amines is 1. The Morgan fingerprint density at radius 2 is 1.88 bits per heavy atom. The summed E-state index contributed by atoms with van der Waals surface area (Å²) < 4.78 is 0. The molecule has 2 N–H and O–H groups in total. The normalized spacial score (nSPS) is 10.6. The predicted molar refractivity (Wildman–Crippen MR) is 68.4 cm³/mol. The summed E-state index contributed by atoms with van der Waals surface area (Å²) in [5.74, 6) is 1.51. The summed E-state index contributed by atoms with van der Waals surface area (Å²) in [5.41, 5.74) is 2.94. The summed E-state index contributed by atoms with van der Waals surface area (Å²) in [7, 11) is 0. The van der Waals surface area contributed by atoms with Crippen LogP contribution in [0.5, 0.6) is 0 Å². The molecule has 3 rings (SSSR count). The number of nitrogens with one attached hydrogen (secondary N) is 2. The van der Waals surface area contributed by atoms with Crippen LogP contribution in [-0.4, -0.2) is 15.0 Å². The lowest BCUT2D eigenvalue weighted by Gasteiger charge is -2.01. The standard InChI is InChI=1S/C13H12N4/c1-9-5-4-8-12(14-9)17-13-15-10-6-2-3-7-11(10)16-13/h2-8H,1H3,(H2,14,15,16,17). The molecule has 2 aromatic heterocycles. The minimum absolute atomic E-state index is 0.712. The molecule has 0 aliphatic heterocycles. The highest BCUT2D eigenvalue weighted by atomic mass is 15.1. The molecule has 0 saturated heterocycles. The molecule has 0 fully saturated rings. The van der Waals surface area contributed by atoms with Gasteiger partial charge >= 0.3 is 0 Å².